The zero-order chi connectivity index (χ0) is 10.0. The summed E-state index contributed by atoms with van der Waals surface area (Å²) in [5.74, 6) is -3.13. The molecule has 0 radical (unpaired) electrons. The van der Waals surface area contributed by atoms with Crippen LogP contribution in [0.3, 0.4) is 0 Å². The van der Waals surface area contributed by atoms with Crippen molar-refractivity contribution in [3.05, 3.63) is 35.4 Å². The van der Waals surface area contributed by atoms with E-state index in [9.17, 15) is 13.6 Å². The molecule has 1 aromatic carbocycles. The van der Waals surface area contributed by atoms with Crippen molar-refractivity contribution >= 4 is 5.78 Å². The van der Waals surface area contributed by atoms with Gasteiger partial charge in [0.15, 0.2) is 17.4 Å². The first kappa shape index (κ1) is 9.80. The molecule has 1 N–H and O–H groups in total. The highest BCUT2D eigenvalue weighted by molar-refractivity contribution is 5.99. The van der Waals surface area contributed by atoms with Gasteiger partial charge >= 0.3 is 0 Å². The summed E-state index contributed by atoms with van der Waals surface area (Å²) in [6.07, 6.45) is -1.32. The summed E-state index contributed by atoms with van der Waals surface area (Å²) in [6.45, 7) is 1.20. The molecule has 0 saturated carbocycles. The molecule has 0 heterocycles. The third-order valence-electron chi connectivity index (χ3n) is 1.60. The zero-order valence-electron chi connectivity index (χ0n) is 6.92. The summed E-state index contributed by atoms with van der Waals surface area (Å²) in [5, 5.41) is 8.85. The Labute approximate surface area is 73.8 Å². The normalized spacial score (nSPS) is 12.6. The molecule has 0 saturated heterocycles. The maximum absolute atomic E-state index is 12.9. The number of rotatable bonds is 2. The van der Waals surface area contributed by atoms with E-state index in [0.717, 1.165) is 12.1 Å². The molecule has 1 atom stereocenters. The van der Waals surface area contributed by atoms with Crippen molar-refractivity contribution in [2.75, 3.05) is 0 Å². The quantitative estimate of drug-likeness (QED) is 0.711. The zero-order valence-corrected chi connectivity index (χ0v) is 6.92. The lowest BCUT2D eigenvalue weighted by Gasteiger charge is -2.04. The number of benzene rings is 1. The minimum atomic E-state index is -1.32. The minimum absolute atomic E-state index is 0.421. The lowest BCUT2D eigenvalue weighted by Crippen LogP contribution is -2.18. The highest BCUT2D eigenvalue weighted by Crippen LogP contribution is 2.13. The Bertz CT molecular complexity index is 334. The topological polar surface area (TPSA) is 37.3 Å². The van der Waals surface area contributed by atoms with E-state index in [-0.39, 0.29) is 0 Å². The number of hydrogen-bond acceptors (Lipinski definition) is 2. The van der Waals surface area contributed by atoms with Gasteiger partial charge in [0.2, 0.25) is 0 Å². The molecule has 0 spiro atoms. The van der Waals surface area contributed by atoms with Crippen LogP contribution in [-0.4, -0.2) is 17.0 Å². The van der Waals surface area contributed by atoms with Gasteiger partial charge in [-0.25, -0.2) is 8.78 Å². The van der Waals surface area contributed by atoms with Gasteiger partial charge in [-0.3, -0.25) is 4.79 Å². The van der Waals surface area contributed by atoms with E-state index < -0.39 is 29.1 Å². The van der Waals surface area contributed by atoms with Gasteiger partial charge in [-0.05, 0) is 19.1 Å². The monoisotopic (exact) mass is 186 g/mol. The Balaban J connectivity index is 3.15. The molecule has 0 aliphatic rings. The van der Waals surface area contributed by atoms with Crippen LogP contribution in [0.4, 0.5) is 8.78 Å². The van der Waals surface area contributed by atoms with Crippen LogP contribution in [0.15, 0.2) is 18.2 Å². The third kappa shape index (κ3) is 1.89. The number of carbonyl (C=O) groups is 1. The van der Waals surface area contributed by atoms with Crippen LogP contribution in [0.5, 0.6) is 0 Å². The van der Waals surface area contributed by atoms with Gasteiger partial charge in [0, 0.05) is 0 Å². The SMILES string of the molecule is CC(O)C(=O)c1cccc(F)c1F. The van der Waals surface area contributed by atoms with Crippen LogP contribution in [-0.2, 0) is 0 Å². The molecule has 2 nitrogen and oxygen atoms in total. The number of hydrogen-bond donors (Lipinski definition) is 1. The molecule has 0 bridgehead atoms. The molecule has 0 aliphatic carbocycles. The Hall–Kier alpha value is -1.29. The van der Waals surface area contributed by atoms with E-state index in [1.807, 2.05) is 0 Å². The molecular formula is C9H8F2O2. The fourth-order valence-electron chi connectivity index (χ4n) is 0.919. The average Bonchev–Trinajstić information content (AvgIpc) is 2.08. The Morgan fingerprint density at radius 2 is 2.08 bits per heavy atom. The van der Waals surface area contributed by atoms with Crippen molar-refractivity contribution in [3.8, 4) is 0 Å². The lowest BCUT2D eigenvalue weighted by molar-refractivity contribution is 0.0774. The van der Waals surface area contributed by atoms with Crippen LogP contribution in [0.2, 0.25) is 0 Å². The van der Waals surface area contributed by atoms with Gasteiger partial charge in [-0.2, -0.15) is 0 Å². The second-order valence-corrected chi connectivity index (χ2v) is 2.64. The number of carbonyl (C=O) groups excluding carboxylic acids is 1. The number of aliphatic hydroxyl groups is 1. The summed E-state index contributed by atoms with van der Waals surface area (Å²) in [7, 11) is 0. The van der Waals surface area contributed by atoms with Crippen LogP contribution in [0, 0.1) is 11.6 Å². The van der Waals surface area contributed by atoms with Crippen molar-refractivity contribution in [1.82, 2.24) is 0 Å². The number of halogens is 2. The molecule has 0 amide bonds. The predicted molar refractivity (Wildman–Crippen MR) is 42.4 cm³/mol. The first-order chi connectivity index (χ1) is 6.04. The molecule has 1 unspecified atom stereocenters. The van der Waals surface area contributed by atoms with Crippen molar-refractivity contribution in [3.63, 3.8) is 0 Å². The first-order valence-electron chi connectivity index (χ1n) is 3.70. The Morgan fingerprint density at radius 3 is 2.62 bits per heavy atom. The van der Waals surface area contributed by atoms with Gasteiger partial charge in [0.25, 0.3) is 0 Å². The smallest absolute Gasteiger partial charge is 0.194 e. The van der Waals surface area contributed by atoms with Gasteiger partial charge < -0.3 is 5.11 Å². The maximum atomic E-state index is 12.9. The maximum Gasteiger partial charge on any atom is 0.194 e. The fourth-order valence-corrected chi connectivity index (χ4v) is 0.919. The number of ketones is 1. The van der Waals surface area contributed by atoms with E-state index in [2.05, 4.69) is 0 Å². The highest BCUT2D eigenvalue weighted by atomic mass is 19.2. The van der Waals surface area contributed by atoms with E-state index in [4.69, 9.17) is 5.11 Å². The molecular weight excluding hydrogens is 178 g/mol. The van der Waals surface area contributed by atoms with Crippen LogP contribution >= 0.6 is 0 Å². The number of Topliss-reactive ketones (excluding diaryl/α,β-unsaturated/α-hetero) is 1. The molecule has 1 rings (SSSR count). The van der Waals surface area contributed by atoms with Crippen molar-refractivity contribution in [1.29, 1.82) is 0 Å². The minimum Gasteiger partial charge on any atom is -0.385 e. The van der Waals surface area contributed by atoms with E-state index in [1.165, 1.54) is 13.0 Å². The fraction of sp³-hybridized carbons (Fsp3) is 0.222. The largest absolute Gasteiger partial charge is 0.385 e. The average molecular weight is 186 g/mol. The first-order valence-corrected chi connectivity index (χ1v) is 3.70. The Morgan fingerprint density at radius 1 is 1.46 bits per heavy atom. The van der Waals surface area contributed by atoms with Crippen LogP contribution in [0.1, 0.15) is 17.3 Å². The molecule has 1 aromatic rings. The summed E-state index contributed by atoms with van der Waals surface area (Å²) in [5.41, 5.74) is -0.421. The van der Waals surface area contributed by atoms with E-state index >= 15 is 0 Å². The van der Waals surface area contributed by atoms with Gasteiger partial charge in [-0.15, -0.1) is 0 Å². The lowest BCUT2D eigenvalue weighted by atomic mass is 10.1. The van der Waals surface area contributed by atoms with Crippen molar-refractivity contribution < 1.29 is 18.7 Å². The van der Waals surface area contributed by atoms with Crippen LogP contribution < -0.4 is 0 Å². The summed E-state index contributed by atoms with van der Waals surface area (Å²) in [6, 6.07) is 3.26. The molecule has 0 aromatic heterocycles. The molecule has 4 heteroatoms. The molecule has 0 aliphatic heterocycles. The molecule has 0 fully saturated rings. The molecule has 70 valence electrons. The second kappa shape index (κ2) is 3.62. The van der Waals surface area contributed by atoms with Crippen LogP contribution in [0.25, 0.3) is 0 Å². The van der Waals surface area contributed by atoms with Crippen molar-refractivity contribution in [2.45, 2.75) is 13.0 Å². The highest BCUT2D eigenvalue weighted by Gasteiger charge is 2.18. The number of aliphatic hydroxyl groups excluding tert-OH is 1. The van der Waals surface area contributed by atoms with Gasteiger partial charge in [0.1, 0.15) is 6.10 Å². The second-order valence-electron chi connectivity index (χ2n) is 2.64. The summed E-state index contributed by atoms with van der Waals surface area (Å²) >= 11 is 0. The molecule has 13 heavy (non-hydrogen) atoms. The van der Waals surface area contributed by atoms with Gasteiger partial charge in [-0.1, -0.05) is 6.07 Å². The third-order valence-corrected chi connectivity index (χ3v) is 1.60. The van der Waals surface area contributed by atoms with E-state index in [0.29, 0.717) is 0 Å². The summed E-state index contributed by atoms with van der Waals surface area (Å²) in [4.78, 5) is 11.1. The van der Waals surface area contributed by atoms with E-state index in [1.54, 1.807) is 0 Å². The van der Waals surface area contributed by atoms with Crippen molar-refractivity contribution in [2.24, 2.45) is 0 Å². The standard InChI is InChI=1S/C9H8F2O2/c1-5(12)9(13)6-3-2-4-7(10)8(6)11/h2-5,12H,1H3. The summed E-state index contributed by atoms with van der Waals surface area (Å²) < 4.78 is 25.5. The van der Waals surface area contributed by atoms with Gasteiger partial charge in [0.05, 0.1) is 5.56 Å². The Kier molecular flexibility index (Phi) is 2.72. The predicted octanol–water partition coefficient (Wildman–Crippen LogP) is 1.53.